The maximum Gasteiger partial charge on any atom is 0.257 e. The summed E-state index contributed by atoms with van der Waals surface area (Å²) in [5.41, 5.74) is 2.97. The van der Waals surface area contributed by atoms with Crippen molar-refractivity contribution in [2.45, 2.75) is 38.6 Å². The van der Waals surface area contributed by atoms with Gasteiger partial charge in [0.1, 0.15) is 0 Å². The van der Waals surface area contributed by atoms with Gasteiger partial charge in [0.25, 0.3) is 5.91 Å². The normalized spacial score (nSPS) is 16.4. The zero-order valence-corrected chi connectivity index (χ0v) is 16.0. The summed E-state index contributed by atoms with van der Waals surface area (Å²) >= 11 is 0. The smallest absolute Gasteiger partial charge is 0.257 e. The number of hydrogen-bond acceptors (Lipinski definition) is 4. The second-order valence-corrected chi connectivity index (χ2v) is 7.42. The number of amides is 2. The molecule has 7 nitrogen and oxygen atoms in total. The number of pyridine rings is 1. The second kappa shape index (κ2) is 7.69. The highest BCUT2D eigenvalue weighted by atomic mass is 19.1. The molecule has 4 rings (SSSR count). The van der Waals surface area contributed by atoms with Crippen molar-refractivity contribution in [3.05, 3.63) is 46.8 Å². The Bertz CT molecular complexity index is 904. The van der Waals surface area contributed by atoms with Crippen LogP contribution in [-0.2, 0) is 31.2 Å². The predicted octanol–water partition coefficient (Wildman–Crippen LogP) is 1.71. The van der Waals surface area contributed by atoms with Gasteiger partial charge in [-0.05, 0) is 18.9 Å². The van der Waals surface area contributed by atoms with Crippen molar-refractivity contribution in [1.82, 2.24) is 24.6 Å². The Kier molecular flexibility index (Phi) is 5.11. The highest BCUT2D eigenvalue weighted by Gasteiger charge is 2.29. The lowest BCUT2D eigenvalue weighted by Gasteiger charge is -2.28. The Morgan fingerprint density at radius 3 is 2.71 bits per heavy atom. The molecule has 0 N–H and O–H groups in total. The van der Waals surface area contributed by atoms with Gasteiger partial charge in [-0.2, -0.15) is 5.10 Å². The average Bonchev–Trinajstić information content (AvgIpc) is 3.34. The molecular formula is C20H24FN5O2. The summed E-state index contributed by atoms with van der Waals surface area (Å²) < 4.78 is 15.8. The number of aromatic nitrogens is 3. The van der Waals surface area contributed by atoms with Crippen LogP contribution in [0.4, 0.5) is 4.39 Å². The third-order valence-corrected chi connectivity index (χ3v) is 5.65. The zero-order chi connectivity index (χ0) is 19.7. The standard InChI is InChI=1S/C20H24FN5O2/c1-24-18-7-11-26(20(28)14-6-8-22-12-16(14)21)13-15(18)17(23-24)4-5-19(27)25-9-2-3-10-25/h6,8,12H,2-5,7,9-11,13H2,1H3. The first-order valence-electron chi connectivity index (χ1n) is 9.75. The van der Waals surface area contributed by atoms with Crippen molar-refractivity contribution in [2.24, 2.45) is 7.05 Å². The molecule has 2 aliphatic rings. The molecule has 0 unspecified atom stereocenters. The summed E-state index contributed by atoms with van der Waals surface area (Å²) in [7, 11) is 1.89. The van der Waals surface area contributed by atoms with Gasteiger partial charge in [-0.3, -0.25) is 19.3 Å². The van der Waals surface area contributed by atoms with Crippen molar-refractivity contribution in [2.75, 3.05) is 19.6 Å². The highest BCUT2D eigenvalue weighted by Crippen LogP contribution is 2.25. The number of rotatable bonds is 4. The molecule has 1 fully saturated rings. The lowest BCUT2D eigenvalue weighted by atomic mass is 10.0. The van der Waals surface area contributed by atoms with Gasteiger partial charge in [0, 0.05) is 69.9 Å². The Morgan fingerprint density at radius 2 is 1.96 bits per heavy atom. The molecule has 148 valence electrons. The first kappa shape index (κ1) is 18.6. The zero-order valence-electron chi connectivity index (χ0n) is 16.0. The van der Waals surface area contributed by atoms with Gasteiger partial charge in [-0.15, -0.1) is 0 Å². The van der Waals surface area contributed by atoms with E-state index in [9.17, 15) is 14.0 Å². The van der Waals surface area contributed by atoms with Crippen LogP contribution in [0.3, 0.4) is 0 Å². The molecule has 0 atom stereocenters. The second-order valence-electron chi connectivity index (χ2n) is 7.42. The van der Waals surface area contributed by atoms with Gasteiger partial charge in [-0.1, -0.05) is 0 Å². The summed E-state index contributed by atoms with van der Waals surface area (Å²) in [4.78, 5) is 32.4. The van der Waals surface area contributed by atoms with Gasteiger partial charge < -0.3 is 9.80 Å². The molecule has 2 aromatic rings. The Morgan fingerprint density at radius 1 is 1.18 bits per heavy atom. The van der Waals surface area contributed by atoms with Crippen LogP contribution in [0.15, 0.2) is 18.5 Å². The number of hydrogen-bond donors (Lipinski definition) is 0. The number of carbonyl (C=O) groups is 2. The van der Waals surface area contributed by atoms with Crippen LogP contribution < -0.4 is 0 Å². The lowest BCUT2D eigenvalue weighted by Crippen LogP contribution is -2.37. The van der Waals surface area contributed by atoms with Crippen LogP contribution in [0.25, 0.3) is 0 Å². The first-order chi connectivity index (χ1) is 13.5. The molecule has 2 aromatic heterocycles. The Hall–Kier alpha value is -2.77. The van der Waals surface area contributed by atoms with Crippen LogP contribution in [0.5, 0.6) is 0 Å². The summed E-state index contributed by atoms with van der Waals surface area (Å²) in [6.07, 6.45) is 6.28. The van der Waals surface area contributed by atoms with E-state index >= 15 is 0 Å². The number of nitrogens with zero attached hydrogens (tertiary/aromatic N) is 5. The van der Waals surface area contributed by atoms with Gasteiger partial charge in [0.05, 0.1) is 17.5 Å². The van der Waals surface area contributed by atoms with E-state index in [0.29, 0.717) is 32.4 Å². The predicted molar refractivity (Wildman–Crippen MR) is 100.0 cm³/mol. The summed E-state index contributed by atoms with van der Waals surface area (Å²) in [5, 5.41) is 4.60. The topological polar surface area (TPSA) is 71.3 Å². The maximum atomic E-state index is 14.0. The van der Waals surface area contributed by atoms with Crippen molar-refractivity contribution in [3.63, 3.8) is 0 Å². The molecule has 1 saturated heterocycles. The van der Waals surface area contributed by atoms with Crippen LogP contribution >= 0.6 is 0 Å². The molecule has 2 aliphatic heterocycles. The van der Waals surface area contributed by atoms with Crippen molar-refractivity contribution < 1.29 is 14.0 Å². The molecule has 0 spiro atoms. The van der Waals surface area contributed by atoms with E-state index in [0.717, 1.165) is 49.1 Å². The molecule has 0 saturated carbocycles. The number of likely N-dealkylation sites (tertiary alicyclic amines) is 1. The SMILES string of the molecule is Cn1nc(CCC(=O)N2CCCC2)c2c1CCN(C(=O)c1ccncc1F)C2. The van der Waals surface area contributed by atoms with E-state index in [-0.39, 0.29) is 17.4 Å². The highest BCUT2D eigenvalue weighted by molar-refractivity contribution is 5.94. The lowest BCUT2D eigenvalue weighted by molar-refractivity contribution is -0.130. The summed E-state index contributed by atoms with van der Waals surface area (Å²) in [6, 6.07) is 1.41. The molecular weight excluding hydrogens is 361 g/mol. The van der Waals surface area contributed by atoms with Gasteiger partial charge in [-0.25, -0.2) is 4.39 Å². The van der Waals surface area contributed by atoms with E-state index in [1.54, 1.807) is 4.90 Å². The molecule has 0 aromatic carbocycles. The van der Waals surface area contributed by atoms with E-state index in [1.807, 2.05) is 16.6 Å². The number of aryl methyl sites for hydroxylation is 2. The Labute approximate surface area is 163 Å². The fourth-order valence-electron chi connectivity index (χ4n) is 4.11. The Balaban J connectivity index is 1.49. The quantitative estimate of drug-likeness (QED) is 0.803. The van der Waals surface area contributed by atoms with Gasteiger partial charge >= 0.3 is 0 Å². The minimum Gasteiger partial charge on any atom is -0.343 e. The fourth-order valence-corrected chi connectivity index (χ4v) is 4.11. The van der Waals surface area contributed by atoms with Crippen molar-refractivity contribution in [3.8, 4) is 0 Å². The number of carbonyl (C=O) groups excluding carboxylic acids is 2. The molecule has 8 heteroatoms. The summed E-state index contributed by atoms with van der Waals surface area (Å²) in [6.45, 7) is 2.59. The van der Waals surface area contributed by atoms with Crippen LogP contribution in [0.2, 0.25) is 0 Å². The fraction of sp³-hybridized carbons (Fsp3) is 0.500. The van der Waals surface area contributed by atoms with Gasteiger partial charge in [0.15, 0.2) is 5.82 Å². The van der Waals surface area contributed by atoms with Crippen molar-refractivity contribution >= 4 is 11.8 Å². The monoisotopic (exact) mass is 385 g/mol. The molecule has 0 bridgehead atoms. The summed E-state index contributed by atoms with van der Waals surface area (Å²) in [5.74, 6) is -0.783. The number of fused-ring (bicyclic) bond motifs is 1. The van der Waals surface area contributed by atoms with E-state index in [4.69, 9.17) is 0 Å². The molecule has 28 heavy (non-hydrogen) atoms. The van der Waals surface area contributed by atoms with E-state index < -0.39 is 5.82 Å². The minimum absolute atomic E-state index is 0.0353. The van der Waals surface area contributed by atoms with Crippen LogP contribution in [0.1, 0.15) is 46.6 Å². The molecule has 2 amide bonds. The molecule has 4 heterocycles. The first-order valence-corrected chi connectivity index (χ1v) is 9.75. The third-order valence-electron chi connectivity index (χ3n) is 5.65. The number of halogens is 1. The largest absolute Gasteiger partial charge is 0.343 e. The minimum atomic E-state index is -0.610. The average molecular weight is 385 g/mol. The van der Waals surface area contributed by atoms with Crippen LogP contribution in [0, 0.1) is 5.82 Å². The maximum absolute atomic E-state index is 14.0. The van der Waals surface area contributed by atoms with Crippen LogP contribution in [-0.4, -0.2) is 56.0 Å². The molecule has 0 radical (unpaired) electrons. The van der Waals surface area contributed by atoms with E-state index in [2.05, 4.69) is 10.1 Å². The van der Waals surface area contributed by atoms with Crippen molar-refractivity contribution in [1.29, 1.82) is 0 Å². The molecule has 0 aliphatic carbocycles. The van der Waals surface area contributed by atoms with E-state index in [1.165, 1.54) is 12.3 Å². The van der Waals surface area contributed by atoms with Gasteiger partial charge in [0.2, 0.25) is 5.91 Å². The third kappa shape index (κ3) is 3.50.